The standard InChI is InChI=1S/C18H19F6NO3/c1-2-13-12(9-15(26)18(22,23)24)8-14(17(19,20)21)25(13)16(27)28-10-11-6-4-3-5-7-11/h3-7,12-14H,2,8-10H2,1H3/t12-,13+,14+/m1/s1. The van der Waals surface area contributed by atoms with Crippen molar-refractivity contribution >= 4 is 11.9 Å². The van der Waals surface area contributed by atoms with Crippen molar-refractivity contribution in [1.29, 1.82) is 0 Å². The van der Waals surface area contributed by atoms with Crippen molar-refractivity contribution in [3.63, 3.8) is 0 Å². The number of hydrogen-bond donors (Lipinski definition) is 0. The van der Waals surface area contributed by atoms with Gasteiger partial charge in [0, 0.05) is 12.5 Å². The van der Waals surface area contributed by atoms with Crippen LogP contribution in [0.15, 0.2) is 30.3 Å². The highest BCUT2D eigenvalue weighted by Crippen LogP contribution is 2.43. The van der Waals surface area contributed by atoms with Crippen molar-refractivity contribution in [3.05, 3.63) is 35.9 Å². The number of carbonyl (C=O) groups excluding carboxylic acids is 2. The molecule has 0 unspecified atom stereocenters. The maximum Gasteiger partial charge on any atom is 0.449 e. The van der Waals surface area contributed by atoms with Crippen molar-refractivity contribution in [2.24, 2.45) is 5.92 Å². The summed E-state index contributed by atoms with van der Waals surface area (Å²) in [4.78, 5) is 24.1. The number of ether oxygens (including phenoxy) is 1. The minimum absolute atomic E-state index is 0.0389. The molecule has 156 valence electrons. The monoisotopic (exact) mass is 411 g/mol. The molecule has 0 bridgehead atoms. The summed E-state index contributed by atoms with van der Waals surface area (Å²) >= 11 is 0. The zero-order valence-corrected chi connectivity index (χ0v) is 14.9. The summed E-state index contributed by atoms with van der Waals surface area (Å²) in [7, 11) is 0. The Bertz CT molecular complexity index is 689. The average molecular weight is 411 g/mol. The smallest absolute Gasteiger partial charge is 0.445 e. The van der Waals surface area contributed by atoms with Crippen LogP contribution in [0, 0.1) is 5.92 Å². The molecule has 0 spiro atoms. The molecule has 1 aliphatic heterocycles. The summed E-state index contributed by atoms with van der Waals surface area (Å²) in [6.45, 7) is 1.18. The van der Waals surface area contributed by atoms with Gasteiger partial charge in [-0.25, -0.2) is 4.79 Å². The Morgan fingerprint density at radius 1 is 1.11 bits per heavy atom. The van der Waals surface area contributed by atoms with Crippen LogP contribution in [0.3, 0.4) is 0 Å². The van der Waals surface area contributed by atoms with Gasteiger partial charge in [0.25, 0.3) is 0 Å². The summed E-state index contributed by atoms with van der Waals surface area (Å²) < 4.78 is 82.9. The first-order valence-electron chi connectivity index (χ1n) is 8.60. The first-order valence-corrected chi connectivity index (χ1v) is 8.60. The fraction of sp³-hybridized carbons (Fsp3) is 0.556. The number of alkyl halides is 6. The highest BCUT2D eigenvalue weighted by atomic mass is 19.4. The van der Waals surface area contributed by atoms with E-state index >= 15 is 0 Å². The third-order valence-corrected chi connectivity index (χ3v) is 4.74. The Balaban J connectivity index is 2.19. The summed E-state index contributed by atoms with van der Waals surface area (Å²) in [5, 5.41) is 0. The van der Waals surface area contributed by atoms with Gasteiger partial charge in [-0.1, -0.05) is 37.3 Å². The molecule has 2 rings (SSSR count). The van der Waals surface area contributed by atoms with Gasteiger partial charge in [0.05, 0.1) is 0 Å². The molecule has 1 aromatic rings. The number of ketones is 1. The Kier molecular flexibility index (Phi) is 6.61. The lowest BCUT2D eigenvalue weighted by Crippen LogP contribution is -2.48. The van der Waals surface area contributed by atoms with Gasteiger partial charge in [0.15, 0.2) is 0 Å². The average Bonchev–Trinajstić information content (AvgIpc) is 2.98. The van der Waals surface area contributed by atoms with Gasteiger partial charge >= 0.3 is 18.4 Å². The number of Topliss-reactive ketones (excluding diaryl/α,β-unsaturated/α-hetero) is 1. The molecular formula is C18H19F6NO3. The second-order valence-electron chi connectivity index (χ2n) is 6.60. The van der Waals surface area contributed by atoms with E-state index in [-0.39, 0.29) is 13.0 Å². The number of benzene rings is 1. The van der Waals surface area contributed by atoms with Crippen LogP contribution in [-0.4, -0.2) is 41.2 Å². The number of likely N-dealkylation sites (tertiary alicyclic amines) is 1. The van der Waals surface area contributed by atoms with E-state index < -0.39 is 55.1 Å². The Hall–Kier alpha value is -2.26. The van der Waals surface area contributed by atoms with Gasteiger partial charge in [-0.3, -0.25) is 9.69 Å². The second-order valence-corrected chi connectivity index (χ2v) is 6.60. The van der Waals surface area contributed by atoms with Gasteiger partial charge in [-0.05, 0) is 24.3 Å². The molecule has 0 N–H and O–H groups in total. The van der Waals surface area contributed by atoms with E-state index in [2.05, 4.69) is 0 Å². The van der Waals surface area contributed by atoms with E-state index in [1.54, 1.807) is 30.3 Å². The summed E-state index contributed by atoms with van der Waals surface area (Å²) in [5.74, 6) is -3.36. The van der Waals surface area contributed by atoms with Crippen LogP contribution in [0.2, 0.25) is 0 Å². The predicted octanol–water partition coefficient (Wildman–Crippen LogP) is 4.88. The van der Waals surface area contributed by atoms with Gasteiger partial charge in [0.1, 0.15) is 12.6 Å². The number of amides is 1. The topological polar surface area (TPSA) is 46.6 Å². The Morgan fingerprint density at radius 3 is 2.21 bits per heavy atom. The number of rotatable bonds is 5. The van der Waals surface area contributed by atoms with E-state index in [1.807, 2.05) is 0 Å². The maximum absolute atomic E-state index is 13.4. The van der Waals surface area contributed by atoms with Crippen LogP contribution in [0.1, 0.15) is 31.7 Å². The van der Waals surface area contributed by atoms with Crippen LogP contribution in [0.25, 0.3) is 0 Å². The number of carbonyl (C=O) groups is 2. The third-order valence-electron chi connectivity index (χ3n) is 4.74. The van der Waals surface area contributed by atoms with Crippen molar-refractivity contribution in [3.8, 4) is 0 Å². The van der Waals surface area contributed by atoms with Crippen molar-refractivity contribution in [1.82, 2.24) is 4.90 Å². The summed E-state index contributed by atoms with van der Waals surface area (Å²) in [6, 6.07) is 4.77. The van der Waals surface area contributed by atoms with Crippen molar-refractivity contribution < 1.29 is 40.7 Å². The Labute approximate surface area is 157 Å². The highest BCUT2D eigenvalue weighted by Gasteiger charge is 2.56. The molecule has 28 heavy (non-hydrogen) atoms. The van der Waals surface area contributed by atoms with E-state index in [4.69, 9.17) is 4.74 Å². The van der Waals surface area contributed by atoms with E-state index in [1.165, 1.54) is 6.92 Å². The van der Waals surface area contributed by atoms with Gasteiger partial charge in [0.2, 0.25) is 5.78 Å². The molecule has 0 aliphatic carbocycles. The summed E-state index contributed by atoms with van der Waals surface area (Å²) in [5.41, 5.74) is 0.551. The van der Waals surface area contributed by atoms with E-state index in [9.17, 15) is 35.9 Å². The number of hydrogen-bond acceptors (Lipinski definition) is 3. The Morgan fingerprint density at radius 2 is 1.71 bits per heavy atom. The third kappa shape index (κ3) is 5.17. The van der Waals surface area contributed by atoms with E-state index in [0.717, 1.165) is 0 Å². The van der Waals surface area contributed by atoms with Gasteiger partial charge < -0.3 is 4.74 Å². The SMILES string of the molecule is CC[C@H]1[C@@H](CC(=O)C(F)(F)F)C[C@@H](C(F)(F)F)N1C(=O)OCc1ccccc1. The lowest BCUT2D eigenvalue weighted by molar-refractivity contribution is -0.175. The molecule has 1 heterocycles. The highest BCUT2D eigenvalue weighted by molar-refractivity contribution is 5.84. The quantitative estimate of drug-likeness (QED) is 0.649. The minimum Gasteiger partial charge on any atom is -0.445 e. The lowest BCUT2D eigenvalue weighted by Gasteiger charge is -2.31. The zero-order valence-electron chi connectivity index (χ0n) is 14.9. The maximum atomic E-state index is 13.4. The van der Waals surface area contributed by atoms with Gasteiger partial charge in [-0.2, -0.15) is 26.3 Å². The van der Waals surface area contributed by atoms with Crippen molar-refractivity contribution in [2.75, 3.05) is 0 Å². The van der Waals surface area contributed by atoms with Crippen LogP contribution in [0.5, 0.6) is 0 Å². The first kappa shape index (κ1) is 22.0. The number of nitrogens with zero attached hydrogens (tertiary/aromatic N) is 1. The predicted molar refractivity (Wildman–Crippen MR) is 86.2 cm³/mol. The molecule has 1 amide bonds. The molecular weight excluding hydrogens is 392 g/mol. The van der Waals surface area contributed by atoms with Crippen LogP contribution >= 0.6 is 0 Å². The largest absolute Gasteiger partial charge is 0.449 e. The normalized spacial score (nSPS) is 23.0. The molecule has 0 saturated carbocycles. The lowest BCUT2D eigenvalue weighted by atomic mass is 9.91. The minimum atomic E-state index is -5.13. The fourth-order valence-electron chi connectivity index (χ4n) is 3.47. The second kappa shape index (κ2) is 8.40. The molecule has 0 aromatic heterocycles. The molecule has 10 heteroatoms. The number of halogens is 6. The molecule has 0 radical (unpaired) electrons. The summed E-state index contributed by atoms with van der Waals surface area (Å²) in [6.07, 6.45) is -13.2. The first-order chi connectivity index (χ1) is 12.9. The van der Waals surface area contributed by atoms with Crippen LogP contribution in [-0.2, 0) is 16.1 Å². The fourth-order valence-corrected chi connectivity index (χ4v) is 3.47. The molecule has 1 saturated heterocycles. The van der Waals surface area contributed by atoms with Crippen LogP contribution < -0.4 is 0 Å². The molecule has 1 aliphatic rings. The molecule has 1 fully saturated rings. The van der Waals surface area contributed by atoms with Gasteiger partial charge in [-0.15, -0.1) is 0 Å². The molecule has 4 nitrogen and oxygen atoms in total. The zero-order chi connectivity index (χ0) is 21.1. The van der Waals surface area contributed by atoms with Crippen molar-refractivity contribution in [2.45, 2.75) is 57.2 Å². The van der Waals surface area contributed by atoms with Crippen LogP contribution in [0.4, 0.5) is 31.1 Å². The molecule has 1 aromatic carbocycles. The van der Waals surface area contributed by atoms with E-state index in [0.29, 0.717) is 10.5 Å². The molecule has 3 atom stereocenters.